The number of amides is 2. The van der Waals surface area contributed by atoms with Crippen LogP contribution in [0, 0.1) is 6.07 Å². The fourth-order valence-corrected chi connectivity index (χ4v) is 2.41. The van der Waals surface area contributed by atoms with Gasteiger partial charge in [-0.1, -0.05) is 0 Å². The third-order valence-electron chi connectivity index (χ3n) is 3.68. The van der Waals surface area contributed by atoms with Crippen LogP contribution in [0.5, 0.6) is 0 Å². The van der Waals surface area contributed by atoms with E-state index in [9.17, 15) is 22.8 Å². The van der Waals surface area contributed by atoms with E-state index in [2.05, 4.69) is 16.0 Å². The molecule has 1 saturated heterocycles. The molecule has 0 unspecified atom stereocenters. The zero-order valence-corrected chi connectivity index (χ0v) is 12.3. The van der Waals surface area contributed by atoms with Gasteiger partial charge in [0.05, 0.1) is 0 Å². The molecule has 1 aliphatic rings. The third-order valence-corrected chi connectivity index (χ3v) is 3.68. The molecule has 23 heavy (non-hydrogen) atoms. The maximum absolute atomic E-state index is 12.4. The summed E-state index contributed by atoms with van der Waals surface area (Å²) in [6.07, 6.45) is -2.92. The maximum atomic E-state index is 12.4. The van der Waals surface area contributed by atoms with Crippen molar-refractivity contribution in [1.82, 2.24) is 14.9 Å². The molecule has 1 aliphatic heterocycles. The third kappa shape index (κ3) is 3.88. The molecular formula is C13H15F3N5O2. The molecule has 0 atom stereocenters. The lowest BCUT2D eigenvalue weighted by Crippen LogP contribution is -2.49. The summed E-state index contributed by atoms with van der Waals surface area (Å²) in [4.78, 5) is 32.7. The molecule has 0 aromatic carbocycles. The number of rotatable bonds is 3. The first-order chi connectivity index (χ1) is 10.7. The van der Waals surface area contributed by atoms with E-state index in [-0.39, 0.29) is 11.6 Å². The molecule has 0 aliphatic carbocycles. The largest absolute Gasteiger partial charge is 0.471 e. The number of hydrogen-bond acceptors (Lipinski definition) is 5. The summed E-state index contributed by atoms with van der Waals surface area (Å²) in [5.41, 5.74) is 5.06. The van der Waals surface area contributed by atoms with Gasteiger partial charge in [0, 0.05) is 38.4 Å². The Balaban J connectivity index is 2.00. The number of nitrogens with zero attached hydrogens (tertiary/aromatic N) is 4. The SMILES string of the molecule is CN(C(=O)C(F)(F)F)C1CCN(c2nc[c]c(C(N)=O)n2)CC1. The van der Waals surface area contributed by atoms with Crippen molar-refractivity contribution < 1.29 is 22.8 Å². The zero-order valence-electron chi connectivity index (χ0n) is 12.3. The van der Waals surface area contributed by atoms with Gasteiger partial charge in [-0.15, -0.1) is 0 Å². The van der Waals surface area contributed by atoms with Crippen LogP contribution in [0.1, 0.15) is 23.3 Å². The first-order valence-corrected chi connectivity index (χ1v) is 6.83. The van der Waals surface area contributed by atoms with E-state index >= 15 is 0 Å². The van der Waals surface area contributed by atoms with E-state index in [0.29, 0.717) is 25.9 Å². The van der Waals surface area contributed by atoms with Crippen LogP contribution in [0.25, 0.3) is 0 Å². The number of halogens is 3. The molecule has 1 fully saturated rings. The number of alkyl halides is 3. The first-order valence-electron chi connectivity index (χ1n) is 6.83. The van der Waals surface area contributed by atoms with Crippen molar-refractivity contribution in [2.24, 2.45) is 5.73 Å². The van der Waals surface area contributed by atoms with E-state index in [0.717, 1.165) is 11.9 Å². The van der Waals surface area contributed by atoms with Gasteiger partial charge in [0.25, 0.3) is 5.91 Å². The van der Waals surface area contributed by atoms with Crippen molar-refractivity contribution in [2.75, 3.05) is 25.0 Å². The lowest BCUT2D eigenvalue weighted by molar-refractivity contribution is -0.186. The molecule has 2 heterocycles. The molecule has 0 spiro atoms. The van der Waals surface area contributed by atoms with Crippen molar-refractivity contribution in [3.63, 3.8) is 0 Å². The first kappa shape index (κ1) is 17.0. The number of piperidine rings is 1. The lowest BCUT2D eigenvalue weighted by atomic mass is 10.0. The van der Waals surface area contributed by atoms with Crippen molar-refractivity contribution in [2.45, 2.75) is 25.1 Å². The quantitative estimate of drug-likeness (QED) is 0.864. The van der Waals surface area contributed by atoms with E-state index in [1.807, 2.05) is 0 Å². The summed E-state index contributed by atoms with van der Waals surface area (Å²) in [7, 11) is 1.15. The molecule has 1 aromatic heterocycles. The summed E-state index contributed by atoms with van der Waals surface area (Å²) in [6, 6.07) is 2.00. The molecule has 0 bridgehead atoms. The molecule has 2 amide bonds. The van der Waals surface area contributed by atoms with Gasteiger partial charge in [0.15, 0.2) is 0 Å². The predicted octanol–water partition coefficient (Wildman–Crippen LogP) is 0.365. The molecule has 1 aromatic rings. The number of primary amides is 1. The summed E-state index contributed by atoms with van der Waals surface area (Å²) >= 11 is 0. The van der Waals surface area contributed by atoms with Crippen molar-refractivity contribution >= 4 is 17.8 Å². The fraction of sp³-hybridized carbons (Fsp3) is 0.538. The second-order valence-electron chi connectivity index (χ2n) is 5.16. The average Bonchev–Trinajstić information content (AvgIpc) is 2.53. The number of carbonyl (C=O) groups excluding carboxylic acids is 2. The van der Waals surface area contributed by atoms with Crippen LogP contribution < -0.4 is 10.6 Å². The number of anilines is 1. The smallest absolute Gasteiger partial charge is 0.364 e. The van der Waals surface area contributed by atoms with Crippen LogP contribution in [0.3, 0.4) is 0 Å². The van der Waals surface area contributed by atoms with Crippen LogP contribution in [0.4, 0.5) is 19.1 Å². The molecule has 125 valence electrons. The Morgan fingerprint density at radius 3 is 2.52 bits per heavy atom. The van der Waals surface area contributed by atoms with Gasteiger partial charge in [-0.05, 0) is 12.8 Å². The highest BCUT2D eigenvalue weighted by atomic mass is 19.4. The molecule has 10 heteroatoms. The second kappa shape index (κ2) is 6.39. The molecule has 1 radical (unpaired) electrons. The van der Waals surface area contributed by atoms with Gasteiger partial charge < -0.3 is 15.5 Å². The van der Waals surface area contributed by atoms with E-state index in [1.54, 1.807) is 4.90 Å². The number of nitrogens with two attached hydrogens (primary N) is 1. The Hall–Kier alpha value is -2.39. The van der Waals surface area contributed by atoms with Gasteiger partial charge in [-0.3, -0.25) is 9.59 Å². The number of carbonyl (C=O) groups is 2. The Morgan fingerprint density at radius 1 is 1.39 bits per heavy atom. The van der Waals surface area contributed by atoms with Crippen LogP contribution in [0.2, 0.25) is 0 Å². The highest BCUT2D eigenvalue weighted by Gasteiger charge is 2.43. The Bertz CT molecular complexity index is 600. The number of aromatic nitrogens is 2. The van der Waals surface area contributed by atoms with Crippen molar-refractivity contribution in [1.29, 1.82) is 0 Å². The summed E-state index contributed by atoms with van der Waals surface area (Å²) < 4.78 is 37.3. The highest BCUT2D eigenvalue weighted by Crippen LogP contribution is 2.24. The minimum absolute atomic E-state index is 0.0542. The zero-order chi connectivity index (χ0) is 17.2. The maximum Gasteiger partial charge on any atom is 0.471 e. The summed E-state index contributed by atoms with van der Waals surface area (Å²) in [5.74, 6) is -2.32. The van der Waals surface area contributed by atoms with Crippen LogP contribution in [-0.2, 0) is 4.79 Å². The van der Waals surface area contributed by atoms with Gasteiger partial charge in [-0.2, -0.15) is 13.2 Å². The van der Waals surface area contributed by atoms with Gasteiger partial charge in [0.1, 0.15) is 5.69 Å². The second-order valence-corrected chi connectivity index (χ2v) is 5.16. The normalized spacial score (nSPS) is 16.3. The van der Waals surface area contributed by atoms with Crippen LogP contribution >= 0.6 is 0 Å². The molecular weight excluding hydrogens is 315 g/mol. The van der Waals surface area contributed by atoms with Crippen LogP contribution in [0.15, 0.2) is 6.20 Å². The Labute approximate surface area is 130 Å². The van der Waals surface area contributed by atoms with Crippen molar-refractivity contribution in [3.05, 3.63) is 18.0 Å². The van der Waals surface area contributed by atoms with Gasteiger partial charge in [-0.25, -0.2) is 9.97 Å². The Morgan fingerprint density at radius 2 is 2.00 bits per heavy atom. The van der Waals surface area contributed by atoms with E-state index < -0.39 is 24.0 Å². The standard InChI is InChI=1S/C13H15F3N5O2/c1-20(11(23)13(14,15)16)8-3-6-21(7-4-8)12-18-5-2-9(19-12)10(17)22/h5,8H,3-4,6-7H2,1H3,(H2,17,22). The van der Waals surface area contributed by atoms with Crippen molar-refractivity contribution in [3.8, 4) is 0 Å². The Kier molecular flexibility index (Phi) is 4.71. The van der Waals surface area contributed by atoms with E-state index in [4.69, 9.17) is 5.73 Å². The minimum atomic E-state index is -4.87. The lowest BCUT2D eigenvalue weighted by Gasteiger charge is -2.36. The van der Waals surface area contributed by atoms with E-state index in [1.165, 1.54) is 6.20 Å². The molecule has 0 saturated carbocycles. The number of hydrogen-bond donors (Lipinski definition) is 1. The highest BCUT2D eigenvalue weighted by molar-refractivity contribution is 5.90. The molecule has 2 rings (SSSR count). The fourth-order valence-electron chi connectivity index (χ4n) is 2.41. The summed E-state index contributed by atoms with van der Waals surface area (Å²) in [6.45, 7) is 0.727. The van der Waals surface area contributed by atoms with Gasteiger partial charge in [0.2, 0.25) is 5.95 Å². The molecule has 7 nitrogen and oxygen atoms in total. The monoisotopic (exact) mass is 330 g/mol. The minimum Gasteiger partial charge on any atom is -0.364 e. The van der Waals surface area contributed by atoms with Crippen LogP contribution in [-0.4, -0.2) is 59.0 Å². The topological polar surface area (TPSA) is 92.4 Å². The summed E-state index contributed by atoms with van der Waals surface area (Å²) in [5, 5.41) is 0. The van der Waals surface area contributed by atoms with Gasteiger partial charge >= 0.3 is 12.1 Å². The predicted molar refractivity (Wildman–Crippen MR) is 73.4 cm³/mol. The molecule has 2 N–H and O–H groups in total. The average molecular weight is 330 g/mol.